The molecule has 0 aliphatic heterocycles. The van der Waals surface area contributed by atoms with Crippen molar-refractivity contribution in [2.75, 3.05) is 13.1 Å². The van der Waals surface area contributed by atoms with E-state index in [4.69, 9.17) is 4.74 Å². The van der Waals surface area contributed by atoms with Gasteiger partial charge in [0.1, 0.15) is 5.60 Å². The van der Waals surface area contributed by atoms with Crippen molar-refractivity contribution < 1.29 is 9.53 Å². The monoisotopic (exact) mass is 292 g/mol. The van der Waals surface area contributed by atoms with E-state index >= 15 is 0 Å². The summed E-state index contributed by atoms with van der Waals surface area (Å²) < 4.78 is 5.17. The average molecular weight is 292 g/mol. The van der Waals surface area contributed by atoms with E-state index < -0.39 is 5.60 Å². The Labute approximate surface area is 128 Å². The zero-order valence-electron chi connectivity index (χ0n) is 13.4. The molecule has 1 amide bonds. The van der Waals surface area contributed by atoms with E-state index in [9.17, 15) is 4.79 Å². The molecule has 1 aromatic carbocycles. The van der Waals surface area contributed by atoms with Crippen molar-refractivity contribution in [1.82, 2.24) is 10.6 Å². The Morgan fingerprint density at radius 3 is 2.38 bits per heavy atom. The lowest BCUT2D eigenvalue weighted by Crippen LogP contribution is -2.33. The number of ether oxygens (including phenoxy) is 1. The van der Waals surface area contributed by atoms with Gasteiger partial charge in [0.25, 0.3) is 0 Å². The largest absolute Gasteiger partial charge is 0.444 e. The molecule has 0 unspecified atom stereocenters. The number of hydrogen-bond acceptors (Lipinski definition) is 3. The fourth-order valence-corrected chi connectivity index (χ4v) is 1.88. The molecule has 2 N–H and O–H groups in total. The highest BCUT2D eigenvalue weighted by Gasteiger charge is 2.15. The minimum absolute atomic E-state index is 0.329. The van der Waals surface area contributed by atoms with Crippen LogP contribution in [0.15, 0.2) is 30.3 Å². The summed E-state index contributed by atoms with van der Waals surface area (Å²) in [5, 5.41) is 6.19. The lowest BCUT2D eigenvalue weighted by Gasteiger charge is -2.19. The second-order valence-corrected chi connectivity index (χ2v) is 6.15. The van der Waals surface area contributed by atoms with E-state index in [0.29, 0.717) is 6.54 Å². The van der Waals surface area contributed by atoms with Crippen LogP contribution in [-0.4, -0.2) is 24.8 Å². The van der Waals surface area contributed by atoms with E-state index in [1.54, 1.807) is 0 Å². The Kier molecular flexibility index (Phi) is 7.83. The molecule has 0 bridgehead atoms. The topological polar surface area (TPSA) is 50.4 Å². The van der Waals surface area contributed by atoms with Crippen LogP contribution in [0, 0.1) is 0 Å². The van der Waals surface area contributed by atoms with Gasteiger partial charge in [0, 0.05) is 13.1 Å². The molecule has 4 heteroatoms. The molecule has 0 aromatic heterocycles. The predicted octanol–water partition coefficient (Wildman–Crippen LogP) is 3.47. The summed E-state index contributed by atoms with van der Waals surface area (Å²) in [6, 6.07) is 10.4. The maximum Gasteiger partial charge on any atom is 0.407 e. The van der Waals surface area contributed by atoms with Gasteiger partial charge < -0.3 is 15.4 Å². The molecule has 1 rings (SSSR count). The van der Waals surface area contributed by atoms with Gasteiger partial charge in [-0.1, -0.05) is 36.8 Å². The van der Waals surface area contributed by atoms with Gasteiger partial charge in [0.2, 0.25) is 0 Å². The normalized spacial score (nSPS) is 11.2. The molecule has 0 heterocycles. The summed E-state index contributed by atoms with van der Waals surface area (Å²) in [6.07, 6.45) is 2.86. The quantitative estimate of drug-likeness (QED) is 0.721. The Hall–Kier alpha value is -1.55. The predicted molar refractivity (Wildman–Crippen MR) is 86.2 cm³/mol. The highest BCUT2D eigenvalue weighted by molar-refractivity contribution is 5.67. The summed E-state index contributed by atoms with van der Waals surface area (Å²) in [7, 11) is 0. The van der Waals surface area contributed by atoms with Crippen LogP contribution in [0.3, 0.4) is 0 Å². The van der Waals surface area contributed by atoms with Gasteiger partial charge in [-0.15, -0.1) is 0 Å². The van der Waals surface area contributed by atoms with Crippen molar-refractivity contribution >= 4 is 6.09 Å². The lowest BCUT2D eigenvalue weighted by atomic mass is 10.2. The molecule has 0 saturated carbocycles. The maximum absolute atomic E-state index is 11.4. The molecule has 0 fully saturated rings. The van der Waals surface area contributed by atoms with Crippen LogP contribution in [-0.2, 0) is 11.3 Å². The molecule has 0 aliphatic rings. The first-order valence-electron chi connectivity index (χ1n) is 7.69. The van der Waals surface area contributed by atoms with Crippen LogP contribution < -0.4 is 10.6 Å². The number of amides is 1. The van der Waals surface area contributed by atoms with Crippen LogP contribution in [0.1, 0.15) is 45.6 Å². The average Bonchev–Trinajstić information content (AvgIpc) is 2.41. The van der Waals surface area contributed by atoms with Gasteiger partial charge in [-0.25, -0.2) is 4.79 Å². The zero-order chi connectivity index (χ0) is 15.6. The van der Waals surface area contributed by atoms with Crippen molar-refractivity contribution in [3.05, 3.63) is 35.9 Å². The minimum Gasteiger partial charge on any atom is -0.444 e. The van der Waals surface area contributed by atoms with E-state index in [2.05, 4.69) is 34.9 Å². The van der Waals surface area contributed by atoms with Gasteiger partial charge in [0.15, 0.2) is 0 Å². The molecular formula is C17H28N2O2. The van der Waals surface area contributed by atoms with E-state index in [-0.39, 0.29) is 6.09 Å². The highest BCUT2D eigenvalue weighted by Crippen LogP contribution is 2.06. The number of hydrogen-bond donors (Lipinski definition) is 2. The fraction of sp³-hybridized carbons (Fsp3) is 0.588. The number of nitrogens with one attached hydrogen (secondary N) is 2. The molecule has 0 spiro atoms. The number of carbonyl (C=O) groups is 1. The first-order valence-corrected chi connectivity index (χ1v) is 7.69. The summed E-state index contributed by atoms with van der Waals surface area (Å²) in [6.45, 7) is 8.19. The Bertz CT molecular complexity index is 399. The summed E-state index contributed by atoms with van der Waals surface area (Å²) >= 11 is 0. The number of carbonyl (C=O) groups excluding carboxylic acids is 1. The summed E-state index contributed by atoms with van der Waals surface area (Å²) in [4.78, 5) is 11.4. The van der Waals surface area contributed by atoms with Gasteiger partial charge >= 0.3 is 6.09 Å². The molecule has 118 valence electrons. The van der Waals surface area contributed by atoms with Crippen molar-refractivity contribution in [3.63, 3.8) is 0 Å². The highest BCUT2D eigenvalue weighted by atomic mass is 16.6. The van der Waals surface area contributed by atoms with Gasteiger partial charge in [-0.05, 0) is 45.7 Å². The SMILES string of the molecule is CC(C)(C)OC(=O)NCCCCCNCc1ccccc1. The molecule has 0 atom stereocenters. The molecule has 0 saturated heterocycles. The minimum atomic E-state index is -0.425. The Morgan fingerprint density at radius 2 is 1.71 bits per heavy atom. The molecule has 21 heavy (non-hydrogen) atoms. The zero-order valence-corrected chi connectivity index (χ0v) is 13.4. The number of rotatable bonds is 8. The van der Waals surface area contributed by atoms with Crippen LogP contribution in [0.25, 0.3) is 0 Å². The molecular weight excluding hydrogens is 264 g/mol. The third kappa shape index (κ3) is 9.91. The number of alkyl carbamates (subject to hydrolysis) is 1. The summed E-state index contributed by atoms with van der Waals surface area (Å²) in [5.41, 5.74) is 0.884. The number of unbranched alkanes of at least 4 members (excludes halogenated alkanes) is 2. The molecule has 0 aliphatic carbocycles. The number of benzene rings is 1. The molecule has 4 nitrogen and oxygen atoms in total. The van der Waals surface area contributed by atoms with Crippen LogP contribution in [0.4, 0.5) is 4.79 Å². The van der Waals surface area contributed by atoms with E-state index in [0.717, 1.165) is 32.4 Å². The standard InChI is InChI=1S/C17H28N2O2/c1-17(2,3)21-16(20)19-13-9-5-8-12-18-14-15-10-6-4-7-11-15/h4,6-7,10-11,18H,5,8-9,12-14H2,1-3H3,(H,19,20). The third-order valence-electron chi connectivity index (χ3n) is 2.87. The first kappa shape index (κ1) is 17.5. The van der Waals surface area contributed by atoms with Crippen molar-refractivity contribution in [3.8, 4) is 0 Å². The van der Waals surface area contributed by atoms with Crippen LogP contribution >= 0.6 is 0 Å². The van der Waals surface area contributed by atoms with Gasteiger partial charge in [-0.3, -0.25) is 0 Å². The maximum atomic E-state index is 11.4. The van der Waals surface area contributed by atoms with Gasteiger partial charge in [-0.2, -0.15) is 0 Å². The molecule has 1 aromatic rings. The van der Waals surface area contributed by atoms with Crippen LogP contribution in [0.5, 0.6) is 0 Å². The van der Waals surface area contributed by atoms with Crippen LogP contribution in [0.2, 0.25) is 0 Å². The molecule has 0 radical (unpaired) electrons. The second kappa shape index (κ2) is 9.40. The summed E-state index contributed by atoms with van der Waals surface area (Å²) in [5.74, 6) is 0. The van der Waals surface area contributed by atoms with Crippen molar-refractivity contribution in [2.45, 2.75) is 52.2 Å². The Morgan fingerprint density at radius 1 is 1.05 bits per heavy atom. The van der Waals surface area contributed by atoms with E-state index in [1.807, 2.05) is 26.8 Å². The van der Waals surface area contributed by atoms with Crippen molar-refractivity contribution in [2.24, 2.45) is 0 Å². The fourth-order valence-electron chi connectivity index (χ4n) is 1.88. The lowest BCUT2D eigenvalue weighted by molar-refractivity contribution is 0.0527. The second-order valence-electron chi connectivity index (χ2n) is 6.15. The van der Waals surface area contributed by atoms with Gasteiger partial charge in [0.05, 0.1) is 0 Å². The van der Waals surface area contributed by atoms with Crippen molar-refractivity contribution in [1.29, 1.82) is 0 Å². The van der Waals surface area contributed by atoms with E-state index in [1.165, 1.54) is 5.56 Å². The Balaban J connectivity index is 1.92. The smallest absolute Gasteiger partial charge is 0.407 e. The first-order chi connectivity index (χ1) is 9.97. The third-order valence-corrected chi connectivity index (χ3v) is 2.87.